The smallest absolute Gasteiger partial charge is 0.248 e. The van der Waals surface area contributed by atoms with Crippen LogP contribution in [0, 0.1) is 6.92 Å². The number of aryl methyl sites for hydroxylation is 1. The number of benzene rings is 2. The van der Waals surface area contributed by atoms with Crippen LogP contribution in [0.15, 0.2) is 54.6 Å². The molecule has 2 aromatic rings. The first-order chi connectivity index (χ1) is 12.5. The summed E-state index contributed by atoms with van der Waals surface area (Å²) in [6.07, 6.45) is 0. The number of rotatable bonds is 9. The third kappa shape index (κ3) is 6.94. The van der Waals surface area contributed by atoms with Crippen LogP contribution in [0.5, 0.6) is 5.75 Å². The molecule has 0 bridgehead atoms. The van der Waals surface area contributed by atoms with Crippen LogP contribution in [0.25, 0.3) is 0 Å². The predicted molar refractivity (Wildman–Crippen MR) is 100 cm³/mol. The summed E-state index contributed by atoms with van der Waals surface area (Å²) < 4.78 is 10.8. The maximum atomic E-state index is 12.0. The lowest BCUT2D eigenvalue weighted by Gasteiger charge is -2.17. The quantitative estimate of drug-likeness (QED) is 0.701. The molecule has 6 nitrogen and oxygen atoms in total. The molecule has 0 unspecified atom stereocenters. The van der Waals surface area contributed by atoms with Crippen LogP contribution in [0.3, 0.4) is 0 Å². The molecular weight excluding hydrogens is 332 g/mol. The lowest BCUT2D eigenvalue weighted by Crippen LogP contribution is -2.37. The number of nitrogens with zero attached hydrogens (tertiary/aromatic N) is 1. The Morgan fingerprint density at radius 3 is 2.38 bits per heavy atom. The first-order valence-corrected chi connectivity index (χ1v) is 8.40. The van der Waals surface area contributed by atoms with E-state index in [0.717, 1.165) is 11.3 Å². The zero-order valence-corrected chi connectivity index (χ0v) is 15.1. The van der Waals surface area contributed by atoms with Crippen LogP contribution >= 0.6 is 0 Å². The van der Waals surface area contributed by atoms with E-state index in [2.05, 4.69) is 5.32 Å². The molecule has 0 aromatic heterocycles. The molecule has 0 spiro atoms. The fourth-order valence-corrected chi connectivity index (χ4v) is 2.15. The number of anilines is 1. The number of hydrogen-bond donors (Lipinski definition) is 1. The number of carbonyl (C=O) groups excluding carboxylic acids is 2. The summed E-state index contributed by atoms with van der Waals surface area (Å²) in [6, 6.07) is 16.9. The number of nitrogens with one attached hydrogen (secondary N) is 1. The lowest BCUT2D eigenvalue weighted by atomic mass is 10.2. The van der Waals surface area contributed by atoms with Gasteiger partial charge in [-0.25, -0.2) is 0 Å². The van der Waals surface area contributed by atoms with Gasteiger partial charge in [0.1, 0.15) is 19.0 Å². The molecule has 0 atom stereocenters. The van der Waals surface area contributed by atoms with Gasteiger partial charge in [0.05, 0.1) is 13.2 Å². The van der Waals surface area contributed by atoms with E-state index >= 15 is 0 Å². The first-order valence-electron chi connectivity index (χ1n) is 8.40. The van der Waals surface area contributed by atoms with Crippen LogP contribution in [0.4, 0.5) is 5.69 Å². The summed E-state index contributed by atoms with van der Waals surface area (Å²) in [5.74, 6) is 0.244. The van der Waals surface area contributed by atoms with Crippen molar-refractivity contribution in [2.75, 3.05) is 38.7 Å². The van der Waals surface area contributed by atoms with Crippen LogP contribution < -0.4 is 10.1 Å². The average molecular weight is 356 g/mol. The molecule has 0 aliphatic rings. The summed E-state index contributed by atoms with van der Waals surface area (Å²) in [4.78, 5) is 25.3. The largest absolute Gasteiger partial charge is 0.491 e. The van der Waals surface area contributed by atoms with Crippen molar-refractivity contribution >= 4 is 17.5 Å². The maximum Gasteiger partial charge on any atom is 0.248 e. The molecule has 1 N–H and O–H groups in total. The second kappa shape index (κ2) is 10.2. The lowest BCUT2D eigenvalue weighted by molar-refractivity contribution is -0.137. The van der Waals surface area contributed by atoms with Crippen LogP contribution in [0.1, 0.15) is 5.56 Å². The standard InChI is InChI=1S/C20H24N2O4/c1-16-8-10-17(11-9-16)21-19(23)14-22(2)20(24)15-25-12-13-26-18-6-4-3-5-7-18/h3-11H,12-15H2,1-2H3,(H,21,23). The highest BCUT2D eigenvalue weighted by molar-refractivity contribution is 5.94. The van der Waals surface area contributed by atoms with Gasteiger partial charge in [0, 0.05) is 12.7 Å². The van der Waals surface area contributed by atoms with Gasteiger partial charge in [-0.15, -0.1) is 0 Å². The SMILES string of the molecule is Cc1ccc(NC(=O)CN(C)C(=O)COCCOc2ccccc2)cc1. The molecule has 2 amide bonds. The van der Waals surface area contributed by atoms with Gasteiger partial charge < -0.3 is 19.7 Å². The minimum Gasteiger partial charge on any atom is -0.491 e. The van der Waals surface area contributed by atoms with Gasteiger partial charge in [-0.3, -0.25) is 9.59 Å². The zero-order chi connectivity index (χ0) is 18.8. The van der Waals surface area contributed by atoms with Crippen molar-refractivity contribution in [2.45, 2.75) is 6.92 Å². The van der Waals surface area contributed by atoms with E-state index in [9.17, 15) is 9.59 Å². The van der Waals surface area contributed by atoms with Gasteiger partial charge in [-0.1, -0.05) is 35.9 Å². The highest BCUT2D eigenvalue weighted by Crippen LogP contribution is 2.09. The molecule has 6 heteroatoms. The summed E-state index contributed by atoms with van der Waals surface area (Å²) in [6.45, 7) is 2.50. The minimum absolute atomic E-state index is 0.0312. The minimum atomic E-state index is -0.260. The van der Waals surface area contributed by atoms with E-state index in [1.165, 1.54) is 4.90 Å². The van der Waals surface area contributed by atoms with E-state index in [0.29, 0.717) is 18.9 Å². The second-order valence-corrected chi connectivity index (χ2v) is 5.88. The molecule has 0 saturated heterocycles. The Kier molecular flexibility index (Phi) is 7.64. The van der Waals surface area contributed by atoms with Crippen molar-refractivity contribution in [3.05, 3.63) is 60.2 Å². The average Bonchev–Trinajstić information content (AvgIpc) is 2.64. The molecule has 26 heavy (non-hydrogen) atoms. The highest BCUT2D eigenvalue weighted by atomic mass is 16.5. The maximum absolute atomic E-state index is 12.0. The number of likely N-dealkylation sites (N-methyl/N-ethyl adjacent to an activating group) is 1. The Balaban J connectivity index is 1.62. The Morgan fingerprint density at radius 1 is 1.00 bits per heavy atom. The van der Waals surface area contributed by atoms with E-state index in [1.807, 2.05) is 61.5 Å². The monoisotopic (exact) mass is 356 g/mol. The van der Waals surface area contributed by atoms with Crippen molar-refractivity contribution < 1.29 is 19.1 Å². The summed E-state index contributed by atoms with van der Waals surface area (Å²) in [5, 5.41) is 2.76. The van der Waals surface area contributed by atoms with Crippen LogP contribution in [0.2, 0.25) is 0 Å². The molecule has 2 rings (SSSR count). The Bertz CT molecular complexity index is 702. The Morgan fingerprint density at radius 2 is 1.69 bits per heavy atom. The Hall–Kier alpha value is -2.86. The molecule has 0 fully saturated rings. The van der Waals surface area contributed by atoms with Gasteiger partial charge in [0.2, 0.25) is 11.8 Å². The first kappa shape index (κ1) is 19.5. The molecule has 0 aliphatic heterocycles. The van der Waals surface area contributed by atoms with Crippen molar-refractivity contribution in [1.82, 2.24) is 4.90 Å². The number of ether oxygens (including phenoxy) is 2. The molecule has 0 aliphatic carbocycles. The van der Waals surface area contributed by atoms with Crippen LogP contribution in [-0.2, 0) is 14.3 Å². The number of para-hydroxylation sites is 1. The van der Waals surface area contributed by atoms with E-state index in [1.54, 1.807) is 7.05 Å². The van der Waals surface area contributed by atoms with E-state index in [4.69, 9.17) is 9.47 Å². The van der Waals surface area contributed by atoms with Gasteiger partial charge in [-0.05, 0) is 31.2 Å². The van der Waals surface area contributed by atoms with Gasteiger partial charge in [-0.2, -0.15) is 0 Å². The highest BCUT2D eigenvalue weighted by Gasteiger charge is 2.13. The summed E-state index contributed by atoms with van der Waals surface area (Å²) in [7, 11) is 1.57. The van der Waals surface area contributed by atoms with Gasteiger partial charge in [0.15, 0.2) is 0 Å². The number of amides is 2. The zero-order valence-electron chi connectivity index (χ0n) is 15.1. The Labute approximate surface area is 153 Å². The summed E-state index contributed by atoms with van der Waals surface area (Å²) >= 11 is 0. The van der Waals surface area contributed by atoms with Crippen molar-refractivity contribution in [3.63, 3.8) is 0 Å². The van der Waals surface area contributed by atoms with E-state index in [-0.39, 0.29) is 25.0 Å². The fraction of sp³-hybridized carbons (Fsp3) is 0.300. The molecular formula is C20H24N2O4. The fourth-order valence-electron chi connectivity index (χ4n) is 2.15. The van der Waals surface area contributed by atoms with Crippen LogP contribution in [-0.4, -0.2) is 50.1 Å². The van der Waals surface area contributed by atoms with Crippen molar-refractivity contribution in [1.29, 1.82) is 0 Å². The third-order valence-electron chi connectivity index (χ3n) is 3.61. The molecule has 0 radical (unpaired) electrons. The second-order valence-electron chi connectivity index (χ2n) is 5.88. The van der Waals surface area contributed by atoms with Gasteiger partial charge >= 0.3 is 0 Å². The normalized spacial score (nSPS) is 10.2. The third-order valence-corrected chi connectivity index (χ3v) is 3.61. The number of carbonyl (C=O) groups is 2. The van der Waals surface area contributed by atoms with Crippen molar-refractivity contribution in [3.8, 4) is 5.75 Å². The predicted octanol–water partition coefficient (Wildman–Crippen LogP) is 2.49. The molecule has 0 heterocycles. The van der Waals surface area contributed by atoms with Crippen molar-refractivity contribution in [2.24, 2.45) is 0 Å². The molecule has 2 aromatic carbocycles. The molecule has 0 saturated carbocycles. The topological polar surface area (TPSA) is 67.9 Å². The number of hydrogen-bond acceptors (Lipinski definition) is 4. The summed E-state index contributed by atoms with van der Waals surface area (Å²) in [5.41, 5.74) is 1.82. The van der Waals surface area contributed by atoms with Gasteiger partial charge in [0.25, 0.3) is 0 Å². The van der Waals surface area contributed by atoms with E-state index < -0.39 is 0 Å². The molecule has 138 valence electrons.